The molecule has 5 rings (SSSR count). The molecule has 0 saturated carbocycles. The third-order valence-corrected chi connectivity index (χ3v) is 6.67. The Hall–Kier alpha value is -3.44. The number of aromatic nitrogens is 2. The summed E-state index contributed by atoms with van der Waals surface area (Å²) in [6.07, 6.45) is 1.85. The summed E-state index contributed by atoms with van der Waals surface area (Å²) in [5.74, 6) is 0.484. The maximum Gasteiger partial charge on any atom is 0.174 e. The lowest BCUT2D eigenvalue weighted by atomic mass is 9.99. The number of aryl methyl sites for hydroxylation is 1. The van der Waals surface area contributed by atoms with Gasteiger partial charge in [-0.2, -0.15) is 0 Å². The van der Waals surface area contributed by atoms with Gasteiger partial charge in [0.15, 0.2) is 5.11 Å². The van der Waals surface area contributed by atoms with Crippen LogP contribution in [0.2, 0.25) is 0 Å². The largest absolute Gasteiger partial charge is 0.351 e. The Balaban J connectivity index is 1.67. The molecule has 4 nitrogen and oxygen atoms in total. The first-order valence-corrected chi connectivity index (χ1v) is 11.8. The minimum atomic E-state index is -0.0692. The Bertz CT molecular complexity index is 1250. The van der Waals surface area contributed by atoms with Crippen LogP contribution in [-0.2, 0) is 0 Å². The highest BCUT2D eigenvalue weighted by Gasteiger charge is 2.42. The molecule has 1 aliphatic heterocycles. The second kappa shape index (κ2) is 8.83. The standard InChI is InChI=1S/C28H28N4S/c1-19(2)21-13-15-23(16-14-21)32-27(26(30-28(32)33)24-11-7-8-18-29-24)25-17-12-20(3)31(25)22-9-5-4-6-10-22/h4-19,26-27H,1-3H3,(H,30,33). The molecule has 1 fully saturated rings. The molecule has 0 aliphatic carbocycles. The van der Waals surface area contributed by atoms with Crippen molar-refractivity contribution in [3.8, 4) is 5.69 Å². The summed E-state index contributed by atoms with van der Waals surface area (Å²) in [6, 6.07) is 29.6. The van der Waals surface area contributed by atoms with Crippen LogP contribution >= 0.6 is 12.2 Å². The molecule has 2 atom stereocenters. The second-order valence-corrected chi connectivity index (χ2v) is 9.20. The van der Waals surface area contributed by atoms with Crippen LogP contribution in [-0.4, -0.2) is 14.7 Å². The Kier molecular flexibility index (Phi) is 5.73. The Morgan fingerprint density at radius 1 is 0.848 bits per heavy atom. The Morgan fingerprint density at radius 2 is 1.58 bits per heavy atom. The smallest absolute Gasteiger partial charge is 0.174 e. The molecule has 2 aromatic heterocycles. The van der Waals surface area contributed by atoms with Gasteiger partial charge in [0.05, 0.1) is 11.7 Å². The van der Waals surface area contributed by atoms with Gasteiger partial charge in [-0.1, -0.05) is 50.2 Å². The van der Waals surface area contributed by atoms with Gasteiger partial charge < -0.3 is 14.8 Å². The van der Waals surface area contributed by atoms with E-state index >= 15 is 0 Å². The van der Waals surface area contributed by atoms with E-state index < -0.39 is 0 Å². The molecule has 3 heterocycles. The maximum absolute atomic E-state index is 5.91. The molecule has 0 spiro atoms. The van der Waals surface area contributed by atoms with Crippen LogP contribution in [0.5, 0.6) is 0 Å². The van der Waals surface area contributed by atoms with Gasteiger partial charge in [0, 0.05) is 29.0 Å². The van der Waals surface area contributed by atoms with E-state index in [0.29, 0.717) is 11.0 Å². The molecule has 33 heavy (non-hydrogen) atoms. The summed E-state index contributed by atoms with van der Waals surface area (Å²) < 4.78 is 2.33. The average Bonchev–Trinajstić information content (AvgIpc) is 3.39. The first-order valence-electron chi connectivity index (χ1n) is 11.4. The molecule has 1 N–H and O–H groups in total. The zero-order valence-electron chi connectivity index (χ0n) is 19.1. The zero-order chi connectivity index (χ0) is 22.9. The van der Waals surface area contributed by atoms with Gasteiger partial charge in [0.1, 0.15) is 6.04 Å². The van der Waals surface area contributed by atoms with Crippen LogP contribution in [0, 0.1) is 6.92 Å². The lowest BCUT2D eigenvalue weighted by molar-refractivity contribution is 0.548. The van der Waals surface area contributed by atoms with Crippen LogP contribution in [0.3, 0.4) is 0 Å². The van der Waals surface area contributed by atoms with Crippen molar-refractivity contribution in [2.75, 3.05) is 4.90 Å². The molecule has 166 valence electrons. The van der Waals surface area contributed by atoms with E-state index in [4.69, 9.17) is 12.2 Å². The zero-order valence-corrected chi connectivity index (χ0v) is 20.0. The molecular weight excluding hydrogens is 424 g/mol. The summed E-state index contributed by atoms with van der Waals surface area (Å²) in [4.78, 5) is 6.93. The molecular formula is C28H28N4S. The number of nitrogens with one attached hydrogen (secondary N) is 1. The predicted octanol–water partition coefficient (Wildman–Crippen LogP) is 6.48. The third-order valence-electron chi connectivity index (χ3n) is 6.36. The van der Waals surface area contributed by atoms with E-state index in [1.165, 1.54) is 17.0 Å². The van der Waals surface area contributed by atoms with Gasteiger partial charge in [-0.15, -0.1) is 0 Å². The lowest BCUT2D eigenvalue weighted by Gasteiger charge is -2.29. The van der Waals surface area contributed by atoms with Gasteiger partial charge in [0.25, 0.3) is 0 Å². The number of pyridine rings is 1. The van der Waals surface area contributed by atoms with Crippen molar-refractivity contribution < 1.29 is 0 Å². The lowest BCUT2D eigenvalue weighted by Crippen LogP contribution is -2.30. The van der Waals surface area contributed by atoms with Gasteiger partial charge in [-0.25, -0.2) is 0 Å². The number of para-hydroxylation sites is 1. The molecule has 4 aromatic rings. The van der Waals surface area contributed by atoms with E-state index in [9.17, 15) is 0 Å². The quantitative estimate of drug-likeness (QED) is 0.351. The van der Waals surface area contributed by atoms with Crippen LogP contribution in [0.1, 0.15) is 54.5 Å². The van der Waals surface area contributed by atoms with Gasteiger partial charge >= 0.3 is 0 Å². The number of thiocarbonyl (C=S) groups is 1. The van der Waals surface area contributed by atoms with E-state index in [0.717, 1.165) is 17.1 Å². The molecule has 0 amide bonds. The molecule has 0 radical (unpaired) electrons. The van der Waals surface area contributed by atoms with Crippen molar-refractivity contribution in [3.05, 3.63) is 114 Å². The van der Waals surface area contributed by atoms with Crippen molar-refractivity contribution >= 4 is 23.0 Å². The molecule has 1 aliphatic rings. The predicted molar refractivity (Wildman–Crippen MR) is 139 cm³/mol. The fourth-order valence-electron chi connectivity index (χ4n) is 4.67. The van der Waals surface area contributed by atoms with Gasteiger partial charge in [-0.3, -0.25) is 4.98 Å². The summed E-state index contributed by atoms with van der Waals surface area (Å²) in [6.45, 7) is 6.58. The number of benzene rings is 2. The summed E-state index contributed by atoms with van der Waals surface area (Å²) in [7, 11) is 0. The first kappa shape index (κ1) is 21.4. The van der Waals surface area contributed by atoms with Crippen LogP contribution in [0.25, 0.3) is 5.69 Å². The maximum atomic E-state index is 5.91. The molecule has 0 bridgehead atoms. The number of hydrogen-bond donors (Lipinski definition) is 1. The van der Waals surface area contributed by atoms with Gasteiger partial charge in [0.2, 0.25) is 0 Å². The average molecular weight is 453 g/mol. The molecule has 5 heteroatoms. The van der Waals surface area contributed by atoms with Crippen molar-refractivity contribution in [1.29, 1.82) is 0 Å². The molecule has 1 saturated heterocycles. The van der Waals surface area contributed by atoms with Crippen LogP contribution < -0.4 is 10.2 Å². The number of rotatable bonds is 5. The first-order chi connectivity index (χ1) is 16.0. The summed E-state index contributed by atoms with van der Waals surface area (Å²) in [5.41, 5.74) is 6.88. The highest BCUT2D eigenvalue weighted by atomic mass is 32.1. The normalized spacial score (nSPS) is 18.1. The summed E-state index contributed by atoms with van der Waals surface area (Å²) >= 11 is 5.91. The fourth-order valence-corrected chi connectivity index (χ4v) is 5.02. The second-order valence-electron chi connectivity index (χ2n) is 8.81. The highest BCUT2D eigenvalue weighted by molar-refractivity contribution is 7.80. The van der Waals surface area contributed by atoms with Crippen LogP contribution in [0.15, 0.2) is 91.1 Å². The SMILES string of the molecule is Cc1ccc(C2C(c3ccccn3)NC(=S)N2c2ccc(C(C)C)cc2)n1-c1ccccc1. The van der Waals surface area contributed by atoms with Crippen molar-refractivity contribution in [2.45, 2.75) is 38.8 Å². The minimum Gasteiger partial charge on any atom is -0.351 e. The summed E-state index contributed by atoms with van der Waals surface area (Å²) in [5, 5.41) is 4.29. The van der Waals surface area contributed by atoms with Crippen molar-refractivity contribution in [3.63, 3.8) is 0 Å². The van der Waals surface area contributed by atoms with Gasteiger partial charge in [-0.05, 0) is 79.2 Å². The minimum absolute atomic E-state index is 0.0498. The van der Waals surface area contributed by atoms with E-state index in [-0.39, 0.29) is 12.1 Å². The van der Waals surface area contributed by atoms with Crippen molar-refractivity contribution in [1.82, 2.24) is 14.9 Å². The number of anilines is 1. The molecule has 2 aromatic carbocycles. The number of hydrogen-bond acceptors (Lipinski definition) is 2. The Labute approximate surface area is 200 Å². The van der Waals surface area contributed by atoms with E-state index in [1.807, 2.05) is 24.4 Å². The van der Waals surface area contributed by atoms with E-state index in [1.54, 1.807) is 0 Å². The topological polar surface area (TPSA) is 33.1 Å². The number of nitrogens with zero attached hydrogens (tertiary/aromatic N) is 3. The third kappa shape index (κ3) is 3.93. The Morgan fingerprint density at radius 3 is 2.24 bits per heavy atom. The van der Waals surface area contributed by atoms with Crippen molar-refractivity contribution in [2.24, 2.45) is 0 Å². The van der Waals surface area contributed by atoms with E-state index in [2.05, 4.69) is 107 Å². The monoisotopic (exact) mass is 452 g/mol. The highest BCUT2D eigenvalue weighted by Crippen LogP contribution is 2.42. The van der Waals surface area contributed by atoms with Crippen LogP contribution in [0.4, 0.5) is 5.69 Å². The fraction of sp³-hybridized carbons (Fsp3) is 0.214. The molecule has 2 unspecified atom stereocenters.